The quantitative estimate of drug-likeness (QED) is 0.881. The molecular weight excluding hydrogens is 310 g/mol. The molecule has 2 N–H and O–H groups in total. The maximum absolute atomic E-state index is 11.6. The molecule has 0 fully saturated rings. The first kappa shape index (κ1) is 13.6. The minimum Gasteiger partial charge on any atom is -0.464 e. The second-order valence-electron chi connectivity index (χ2n) is 3.92. The van der Waals surface area contributed by atoms with Crippen LogP contribution in [-0.4, -0.2) is 22.6 Å². The summed E-state index contributed by atoms with van der Waals surface area (Å²) in [5.74, 6) is 0.495. The fourth-order valence-corrected chi connectivity index (χ4v) is 2.11. The summed E-state index contributed by atoms with van der Waals surface area (Å²) in [7, 11) is 1.31. The minimum atomic E-state index is -0.525. The van der Waals surface area contributed by atoms with Gasteiger partial charge in [0, 0.05) is 16.6 Å². The molecule has 0 saturated carbocycles. The van der Waals surface area contributed by atoms with E-state index in [1.807, 2.05) is 31.2 Å². The number of halogens is 1. The number of nitrogens with zero attached hydrogens (tertiary/aromatic N) is 2. The molecule has 1 aromatic heterocycles. The first-order chi connectivity index (χ1) is 9.08. The van der Waals surface area contributed by atoms with Gasteiger partial charge < -0.3 is 10.5 Å². The molecule has 6 heteroatoms. The standard InChI is InChI=1S/C13H14BrN3O2/c1-3-10-16-11(13(18)19-2)12(15)17(10)9-6-4-8(14)5-7-9/h4-7H,3,15H2,1-2H3. The number of nitrogens with two attached hydrogens (primary N) is 1. The summed E-state index contributed by atoms with van der Waals surface area (Å²) in [6, 6.07) is 7.63. The lowest BCUT2D eigenvalue weighted by molar-refractivity contribution is 0.0596. The Morgan fingerprint density at radius 1 is 1.42 bits per heavy atom. The van der Waals surface area contributed by atoms with Crippen molar-refractivity contribution in [2.24, 2.45) is 0 Å². The Kier molecular flexibility index (Phi) is 3.90. The SMILES string of the molecule is CCc1nc(C(=O)OC)c(N)n1-c1ccc(Br)cc1. The zero-order valence-electron chi connectivity index (χ0n) is 10.7. The third-order valence-electron chi connectivity index (χ3n) is 2.76. The zero-order chi connectivity index (χ0) is 14.0. The van der Waals surface area contributed by atoms with Crippen molar-refractivity contribution in [2.45, 2.75) is 13.3 Å². The molecule has 1 aromatic carbocycles. The topological polar surface area (TPSA) is 70.1 Å². The number of imidazole rings is 1. The second-order valence-corrected chi connectivity index (χ2v) is 4.83. The molecule has 19 heavy (non-hydrogen) atoms. The summed E-state index contributed by atoms with van der Waals surface area (Å²) in [5, 5.41) is 0. The number of benzene rings is 1. The Labute approximate surface area is 119 Å². The van der Waals surface area contributed by atoms with E-state index in [-0.39, 0.29) is 5.69 Å². The van der Waals surface area contributed by atoms with Crippen molar-refractivity contribution in [3.8, 4) is 5.69 Å². The highest BCUT2D eigenvalue weighted by molar-refractivity contribution is 9.10. The molecule has 5 nitrogen and oxygen atoms in total. The first-order valence-corrected chi connectivity index (χ1v) is 6.59. The van der Waals surface area contributed by atoms with Gasteiger partial charge in [0.25, 0.3) is 0 Å². The Morgan fingerprint density at radius 3 is 2.58 bits per heavy atom. The van der Waals surface area contributed by atoms with E-state index in [0.29, 0.717) is 12.2 Å². The van der Waals surface area contributed by atoms with Gasteiger partial charge in [-0.15, -0.1) is 0 Å². The normalized spacial score (nSPS) is 10.5. The highest BCUT2D eigenvalue weighted by Gasteiger charge is 2.20. The number of nitrogen functional groups attached to an aromatic ring is 1. The number of carbonyl (C=O) groups is 1. The van der Waals surface area contributed by atoms with Crippen molar-refractivity contribution in [3.63, 3.8) is 0 Å². The van der Waals surface area contributed by atoms with Crippen LogP contribution in [0.4, 0.5) is 5.82 Å². The predicted octanol–water partition coefficient (Wildman–Crippen LogP) is 2.57. The number of methoxy groups -OCH3 is 1. The van der Waals surface area contributed by atoms with Crippen LogP contribution >= 0.6 is 15.9 Å². The van der Waals surface area contributed by atoms with Crippen molar-refractivity contribution in [1.82, 2.24) is 9.55 Å². The van der Waals surface area contributed by atoms with Crippen molar-refractivity contribution < 1.29 is 9.53 Å². The molecule has 0 bridgehead atoms. The van der Waals surface area contributed by atoms with Gasteiger partial charge in [-0.2, -0.15) is 0 Å². The van der Waals surface area contributed by atoms with Gasteiger partial charge in [-0.3, -0.25) is 4.57 Å². The number of ether oxygens (including phenoxy) is 1. The number of carbonyl (C=O) groups excluding carboxylic acids is 1. The Morgan fingerprint density at radius 2 is 2.05 bits per heavy atom. The molecule has 100 valence electrons. The molecule has 0 spiro atoms. The number of aryl methyl sites for hydroxylation is 1. The lowest BCUT2D eigenvalue weighted by atomic mass is 10.3. The third kappa shape index (κ3) is 2.49. The summed E-state index contributed by atoms with van der Waals surface area (Å²) in [4.78, 5) is 15.9. The average molecular weight is 324 g/mol. The van der Waals surface area contributed by atoms with Crippen molar-refractivity contribution >= 4 is 27.7 Å². The van der Waals surface area contributed by atoms with Crippen LogP contribution in [0.25, 0.3) is 5.69 Å². The highest BCUT2D eigenvalue weighted by Crippen LogP contribution is 2.23. The van der Waals surface area contributed by atoms with E-state index in [1.165, 1.54) is 7.11 Å². The van der Waals surface area contributed by atoms with Gasteiger partial charge in [0.15, 0.2) is 5.69 Å². The smallest absolute Gasteiger partial charge is 0.360 e. The molecule has 0 aliphatic carbocycles. The zero-order valence-corrected chi connectivity index (χ0v) is 12.3. The Bertz CT molecular complexity index is 605. The molecule has 0 amide bonds. The molecule has 0 radical (unpaired) electrons. The van der Waals surface area contributed by atoms with Crippen LogP contribution in [0.1, 0.15) is 23.2 Å². The van der Waals surface area contributed by atoms with Gasteiger partial charge >= 0.3 is 5.97 Å². The predicted molar refractivity (Wildman–Crippen MR) is 76.4 cm³/mol. The second kappa shape index (κ2) is 5.44. The van der Waals surface area contributed by atoms with Crippen LogP contribution in [0.5, 0.6) is 0 Å². The summed E-state index contributed by atoms with van der Waals surface area (Å²) in [6.45, 7) is 1.96. The fraction of sp³-hybridized carbons (Fsp3) is 0.231. The molecule has 0 saturated heterocycles. The van der Waals surface area contributed by atoms with E-state index >= 15 is 0 Å². The molecule has 2 rings (SSSR count). The summed E-state index contributed by atoms with van der Waals surface area (Å²) in [6.07, 6.45) is 0.664. The van der Waals surface area contributed by atoms with Crippen LogP contribution in [-0.2, 0) is 11.2 Å². The van der Waals surface area contributed by atoms with Gasteiger partial charge in [-0.05, 0) is 24.3 Å². The maximum atomic E-state index is 11.6. The van der Waals surface area contributed by atoms with Gasteiger partial charge in [-0.1, -0.05) is 22.9 Å². The summed E-state index contributed by atoms with van der Waals surface area (Å²) in [5.41, 5.74) is 7.03. The fourth-order valence-electron chi connectivity index (χ4n) is 1.84. The van der Waals surface area contributed by atoms with Gasteiger partial charge in [0.2, 0.25) is 0 Å². The molecule has 2 aromatic rings. The van der Waals surface area contributed by atoms with Crippen molar-refractivity contribution in [2.75, 3.05) is 12.8 Å². The van der Waals surface area contributed by atoms with Crippen LogP contribution in [0, 0.1) is 0 Å². The third-order valence-corrected chi connectivity index (χ3v) is 3.29. The maximum Gasteiger partial charge on any atom is 0.360 e. The molecular formula is C13H14BrN3O2. The van der Waals surface area contributed by atoms with Crippen molar-refractivity contribution in [3.05, 3.63) is 40.3 Å². The number of hydrogen-bond donors (Lipinski definition) is 1. The summed E-state index contributed by atoms with van der Waals surface area (Å²) < 4.78 is 7.42. The molecule has 0 aliphatic rings. The minimum absolute atomic E-state index is 0.155. The number of aromatic nitrogens is 2. The number of esters is 1. The van der Waals surface area contributed by atoms with E-state index in [9.17, 15) is 4.79 Å². The monoisotopic (exact) mass is 323 g/mol. The van der Waals surface area contributed by atoms with Crippen LogP contribution in [0.2, 0.25) is 0 Å². The molecule has 0 atom stereocenters. The van der Waals surface area contributed by atoms with Crippen LogP contribution in [0.3, 0.4) is 0 Å². The van der Waals surface area contributed by atoms with Crippen LogP contribution in [0.15, 0.2) is 28.7 Å². The molecule has 0 unspecified atom stereocenters. The highest BCUT2D eigenvalue weighted by atomic mass is 79.9. The molecule has 1 heterocycles. The Balaban J connectivity index is 2.59. The lowest BCUT2D eigenvalue weighted by Crippen LogP contribution is -2.08. The Hall–Kier alpha value is -1.82. The van der Waals surface area contributed by atoms with E-state index in [4.69, 9.17) is 5.73 Å². The number of anilines is 1. The van der Waals surface area contributed by atoms with E-state index in [1.54, 1.807) is 4.57 Å². The van der Waals surface area contributed by atoms with E-state index in [2.05, 4.69) is 25.7 Å². The van der Waals surface area contributed by atoms with E-state index < -0.39 is 5.97 Å². The van der Waals surface area contributed by atoms with Gasteiger partial charge in [0.1, 0.15) is 11.6 Å². The largest absolute Gasteiger partial charge is 0.464 e. The van der Waals surface area contributed by atoms with Crippen molar-refractivity contribution in [1.29, 1.82) is 0 Å². The summed E-state index contributed by atoms with van der Waals surface area (Å²) >= 11 is 3.38. The molecule has 0 aliphatic heterocycles. The number of hydrogen-bond acceptors (Lipinski definition) is 4. The average Bonchev–Trinajstić information content (AvgIpc) is 2.76. The lowest BCUT2D eigenvalue weighted by Gasteiger charge is -2.08. The van der Waals surface area contributed by atoms with Gasteiger partial charge in [0.05, 0.1) is 7.11 Å². The van der Waals surface area contributed by atoms with Crippen LogP contribution < -0.4 is 5.73 Å². The first-order valence-electron chi connectivity index (χ1n) is 5.79. The van der Waals surface area contributed by atoms with E-state index in [0.717, 1.165) is 16.0 Å². The van der Waals surface area contributed by atoms with Gasteiger partial charge in [-0.25, -0.2) is 9.78 Å². The number of rotatable bonds is 3.